The number of methoxy groups -OCH3 is 1. The molecule has 0 radical (unpaired) electrons. The fraction of sp³-hybridized carbons (Fsp3) is 0.261. The van der Waals surface area contributed by atoms with Gasteiger partial charge in [0.15, 0.2) is 16.3 Å². The number of nitrogens with zero attached hydrogens (tertiary/aromatic N) is 3. The van der Waals surface area contributed by atoms with E-state index in [9.17, 15) is 19.2 Å². The minimum absolute atomic E-state index is 0.102. The Hall–Kier alpha value is -3.99. The maximum atomic E-state index is 12.9. The minimum atomic E-state index is -0.496. The molecule has 1 saturated heterocycles. The average molecular weight is 481 g/mol. The number of carbonyl (C=O) groups is 4. The lowest BCUT2D eigenvalue weighted by molar-refractivity contribution is -0.140. The van der Waals surface area contributed by atoms with Crippen LogP contribution < -0.4 is 19.2 Å². The number of ether oxygens (including phenoxy) is 3. The largest absolute Gasteiger partial charge is 0.469 e. The SMILES string of the molecule is COC(=O)CCn1c(=NC(=O)c2ccc(N3C(=O)CCC3=O)cc2)sc2cc3c(cc21)OCO3. The molecule has 0 unspecified atom stereocenters. The zero-order valence-electron chi connectivity index (χ0n) is 18.1. The molecular formula is C23H19N3O7S. The van der Waals surface area contributed by atoms with E-state index in [-0.39, 0.29) is 50.4 Å². The number of carbonyl (C=O) groups excluding carboxylic acids is 4. The third-order valence-corrected chi connectivity index (χ3v) is 6.61. The Balaban J connectivity index is 1.50. The molecule has 5 rings (SSSR count). The summed E-state index contributed by atoms with van der Waals surface area (Å²) in [7, 11) is 1.32. The number of thiazole rings is 1. The van der Waals surface area contributed by atoms with Crippen LogP contribution in [0.1, 0.15) is 29.6 Å². The van der Waals surface area contributed by atoms with Crippen molar-refractivity contribution in [2.75, 3.05) is 18.8 Å². The summed E-state index contributed by atoms with van der Waals surface area (Å²) in [5.41, 5.74) is 1.48. The molecule has 2 aliphatic heterocycles. The van der Waals surface area contributed by atoms with Crippen molar-refractivity contribution in [1.82, 2.24) is 4.57 Å². The van der Waals surface area contributed by atoms with Crippen molar-refractivity contribution >= 4 is 50.9 Å². The lowest BCUT2D eigenvalue weighted by Gasteiger charge is -2.13. The number of anilines is 1. The summed E-state index contributed by atoms with van der Waals surface area (Å²) in [6.45, 7) is 0.394. The number of hydrogen-bond donors (Lipinski definition) is 0. The van der Waals surface area contributed by atoms with Crippen LogP contribution in [0.3, 0.4) is 0 Å². The number of imide groups is 1. The number of hydrogen-bond acceptors (Lipinski definition) is 8. The lowest BCUT2D eigenvalue weighted by Crippen LogP contribution is -2.28. The Labute approximate surface area is 197 Å². The number of aromatic nitrogens is 1. The molecule has 0 aliphatic carbocycles. The summed E-state index contributed by atoms with van der Waals surface area (Å²) in [4.78, 5) is 54.4. The van der Waals surface area contributed by atoms with E-state index in [1.165, 1.54) is 30.6 Å². The van der Waals surface area contributed by atoms with Crippen LogP contribution in [0.4, 0.5) is 5.69 Å². The summed E-state index contributed by atoms with van der Waals surface area (Å²) in [5, 5.41) is 0. The second-order valence-electron chi connectivity index (χ2n) is 7.62. The van der Waals surface area contributed by atoms with Crippen molar-refractivity contribution in [3.05, 3.63) is 46.8 Å². The van der Waals surface area contributed by atoms with Crippen molar-refractivity contribution in [2.24, 2.45) is 4.99 Å². The first-order valence-corrected chi connectivity index (χ1v) is 11.3. The Morgan fingerprint density at radius 2 is 1.74 bits per heavy atom. The molecule has 1 fully saturated rings. The van der Waals surface area contributed by atoms with E-state index in [2.05, 4.69) is 4.99 Å². The van der Waals surface area contributed by atoms with Gasteiger partial charge in [-0.05, 0) is 24.3 Å². The first-order chi connectivity index (χ1) is 16.4. The van der Waals surface area contributed by atoms with Gasteiger partial charge in [-0.25, -0.2) is 0 Å². The third-order valence-electron chi connectivity index (χ3n) is 5.57. The number of amides is 3. The van der Waals surface area contributed by atoms with Crippen molar-refractivity contribution in [3.63, 3.8) is 0 Å². The van der Waals surface area contributed by atoms with E-state index in [4.69, 9.17) is 14.2 Å². The molecule has 2 aromatic carbocycles. The monoisotopic (exact) mass is 481 g/mol. The van der Waals surface area contributed by atoms with Gasteiger partial charge in [0.05, 0.1) is 29.4 Å². The molecular weight excluding hydrogens is 462 g/mol. The van der Waals surface area contributed by atoms with Gasteiger partial charge in [-0.3, -0.25) is 24.1 Å². The van der Waals surface area contributed by atoms with Crippen LogP contribution in [0.2, 0.25) is 0 Å². The van der Waals surface area contributed by atoms with E-state index >= 15 is 0 Å². The molecule has 10 nitrogen and oxygen atoms in total. The van der Waals surface area contributed by atoms with Crippen LogP contribution in [0.25, 0.3) is 10.2 Å². The smallest absolute Gasteiger partial charge is 0.307 e. The highest BCUT2D eigenvalue weighted by molar-refractivity contribution is 7.16. The molecule has 0 N–H and O–H groups in total. The first-order valence-electron chi connectivity index (χ1n) is 10.5. The number of benzene rings is 2. The Morgan fingerprint density at radius 1 is 1.06 bits per heavy atom. The van der Waals surface area contributed by atoms with E-state index in [1.807, 2.05) is 6.07 Å². The Bertz CT molecular complexity index is 1390. The van der Waals surface area contributed by atoms with Crippen LogP contribution in [-0.4, -0.2) is 42.2 Å². The minimum Gasteiger partial charge on any atom is -0.469 e. The van der Waals surface area contributed by atoms with Crippen molar-refractivity contribution in [3.8, 4) is 11.5 Å². The Kier molecular flexibility index (Phi) is 5.62. The Morgan fingerprint density at radius 3 is 2.41 bits per heavy atom. The van der Waals surface area contributed by atoms with E-state index in [1.54, 1.807) is 22.8 Å². The highest BCUT2D eigenvalue weighted by Crippen LogP contribution is 2.37. The first kappa shape index (κ1) is 21.8. The average Bonchev–Trinajstić information content (AvgIpc) is 3.52. The molecule has 0 spiro atoms. The van der Waals surface area contributed by atoms with Gasteiger partial charge in [-0.2, -0.15) is 4.99 Å². The molecule has 0 saturated carbocycles. The van der Waals surface area contributed by atoms with Gasteiger partial charge >= 0.3 is 5.97 Å². The topological polar surface area (TPSA) is 116 Å². The predicted molar refractivity (Wildman–Crippen MR) is 121 cm³/mol. The van der Waals surface area contributed by atoms with Gasteiger partial charge in [0.25, 0.3) is 5.91 Å². The second kappa shape index (κ2) is 8.75. The standard InChI is InChI=1S/C23H19N3O7S/c1-31-21(29)8-9-25-15-10-16-17(33-12-32-16)11-18(15)34-23(25)24-22(30)13-2-4-14(5-3-13)26-19(27)6-7-20(26)28/h2-5,10-11H,6-9,12H2,1H3. The molecule has 34 heavy (non-hydrogen) atoms. The van der Waals surface area contributed by atoms with Gasteiger partial charge in [0.2, 0.25) is 18.6 Å². The molecule has 0 atom stereocenters. The molecule has 11 heteroatoms. The molecule has 174 valence electrons. The van der Waals surface area contributed by atoms with Gasteiger partial charge < -0.3 is 18.8 Å². The van der Waals surface area contributed by atoms with Crippen molar-refractivity contribution in [2.45, 2.75) is 25.8 Å². The molecule has 3 heterocycles. The maximum Gasteiger partial charge on any atom is 0.307 e. The highest BCUT2D eigenvalue weighted by atomic mass is 32.1. The summed E-state index contributed by atoms with van der Waals surface area (Å²) < 4.78 is 18.2. The summed E-state index contributed by atoms with van der Waals surface area (Å²) in [6, 6.07) is 9.79. The number of esters is 1. The highest BCUT2D eigenvalue weighted by Gasteiger charge is 2.30. The fourth-order valence-corrected chi connectivity index (χ4v) is 4.90. The lowest BCUT2D eigenvalue weighted by atomic mass is 10.2. The zero-order chi connectivity index (χ0) is 23.8. The van der Waals surface area contributed by atoms with Crippen LogP contribution in [0.15, 0.2) is 41.4 Å². The summed E-state index contributed by atoms with van der Waals surface area (Å²) >= 11 is 1.29. The van der Waals surface area contributed by atoms with E-state index in [0.29, 0.717) is 27.6 Å². The molecule has 2 aliphatic rings. The zero-order valence-corrected chi connectivity index (χ0v) is 18.9. The van der Waals surface area contributed by atoms with Crippen molar-refractivity contribution in [1.29, 1.82) is 0 Å². The summed E-state index contributed by atoms with van der Waals surface area (Å²) in [5.74, 6) is -0.212. The number of aryl methyl sites for hydroxylation is 1. The van der Waals surface area contributed by atoms with Gasteiger partial charge in [-0.15, -0.1) is 0 Å². The van der Waals surface area contributed by atoms with Crippen LogP contribution in [0, 0.1) is 0 Å². The van der Waals surface area contributed by atoms with Gasteiger partial charge in [-0.1, -0.05) is 11.3 Å². The molecule has 0 bridgehead atoms. The molecule has 1 aromatic heterocycles. The van der Waals surface area contributed by atoms with E-state index < -0.39 is 5.91 Å². The van der Waals surface area contributed by atoms with Crippen LogP contribution >= 0.6 is 11.3 Å². The quantitative estimate of drug-likeness (QED) is 0.406. The fourth-order valence-electron chi connectivity index (χ4n) is 3.84. The van der Waals surface area contributed by atoms with Gasteiger partial charge in [0.1, 0.15) is 0 Å². The van der Waals surface area contributed by atoms with Crippen molar-refractivity contribution < 1.29 is 33.4 Å². The summed E-state index contributed by atoms with van der Waals surface area (Å²) in [6.07, 6.45) is 0.475. The predicted octanol–water partition coefficient (Wildman–Crippen LogP) is 2.39. The molecule has 3 aromatic rings. The van der Waals surface area contributed by atoms with Gasteiger partial charge in [0, 0.05) is 37.1 Å². The normalized spacial score (nSPS) is 15.4. The van der Waals surface area contributed by atoms with E-state index in [0.717, 1.165) is 15.1 Å². The van der Waals surface area contributed by atoms with Crippen LogP contribution in [0.5, 0.6) is 11.5 Å². The second-order valence-corrected chi connectivity index (χ2v) is 8.63. The number of rotatable bonds is 5. The van der Waals surface area contributed by atoms with Crippen LogP contribution in [-0.2, 0) is 25.7 Å². The number of fused-ring (bicyclic) bond motifs is 2. The molecule has 3 amide bonds. The maximum absolute atomic E-state index is 12.9. The third kappa shape index (κ3) is 3.94.